The summed E-state index contributed by atoms with van der Waals surface area (Å²) in [5.41, 5.74) is 3.49. The lowest BCUT2D eigenvalue weighted by Crippen LogP contribution is -2.35. The van der Waals surface area contributed by atoms with Crippen LogP contribution in [-0.2, 0) is 11.2 Å². The van der Waals surface area contributed by atoms with Gasteiger partial charge in [0.1, 0.15) is 5.75 Å². The van der Waals surface area contributed by atoms with Gasteiger partial charge < -0.3 is 15.4 Å². The fourth-order valence-electron chi connectivity index (χ4n) is 3.50. The van der Waals surface area contributed by atoms with Gasteiger partial charge in [0.05, 0.1) is 18.4 Å². The van der Waals surface area contributed by atoms with E-state index in [1.54, 1.807) is 7.11 Å². The van der Waals surface area contributed by atoms with E-state index in [2.05, 4.69) is 39.0 Å². The molecular weight excluding hydrogens is 416 g/mol. The van der Waals surface area contributed by atoms with Crippen LogP contribution in [0.5, 0.6) is 5.75 Å². The van der Waals surface area contributed by atoms with E-state index >= 15 is 0 Å². The zero-order valence-corrected chi connectivity index (χ0v) is 18.6. The Kier molecular flexibility index (Phi) is 6.54. The summed E-state index contributed by atoms with van der Waals surface area (Å²) in [5.74, 6) is 0.830. The van der Waals surface area contributed by atoms with Crippen molar-refractivity contribution in [3.05, 3.63) is 59.7 Å². The highest BCUT2D eigenvalue weighted by atomic mass is 32.2. The number of benzene rings is 2. The van der Waals surface area contributed by atoms with Gasteiger partial charge in [-0.1, -0.05) is 47.4 Å². The largest absolute Gasteiger partial charge is 0.497 e. The lowest BCUT2D eigenvalue weighted by atomic mass is 9.88. The molecule has 4 rings (SSSR count). The average molecular weight is 441 g/mol. The number of carbonyl (C=O) groups excluding carboxylic acids is 1. The van der Waals surface area contributed by atoms with Gasteiger partial charge >= 0.3 is 0 Å². The molecule has 0 bridgehead atoms. The van der Waals surface area contributed by atoms with E-state index in [0.29, 0.717) is 5.13 Å². The molecule has 3 aromatic rings. The first kappa shape index (κ1) is 20.7. The van der Waals surface area contributed by atoms with Gasteiger partial charge in [-0.25, -0.2) is 0 Å². The van der Waals surface area contributed by atoms with Crippen molar-refractivity contribution in [3.63, 3.8) is 0 Å². The first-order valence-electron chi connectivity index (χ1n) is 9.92. The SMILES string of the molecule is COc1ccc(Nc2nnc(SC(C)C(=O)NC3CCCc4ccccc43)s2)cc1. The van der Waals surface area contributed by atoms with E-state index in [0.717, 1.165) is 35.0 Å². The molecule has 1 heterocycles. The van der Waals surface area contributed by atoms with Gasteiger partial charge in [0.15, 0.2) is 4.34 Å². The number of fused-ring (bicyclic) bond motifs is 1. The Morgan fingerprint density at radius 1 is 1.20 bits per heavy atom. The number of amides is 1. The molecule has 1 aromatic heterocycles. The van der Waals surface area contributed by atoms with Crippen LogP contribution in [0.3, 0.4) is 0 Å². The van der Waals surface area contributed by atoms with Crippen LogP contribution >= 0.6 is 23.1 Å². The monoisotopic (exact) mass is 440 g/mol. The van der Waals surface area contributed by atoms with Crippen LogP contribution in [-0.4, -0.2) is 28.5 Å². The lowest BCUT2D eigenvalue weighted by molar-refractivity contribution is -0.121. The van der Waals surface area contributed by atoms with Crippen molar-refractivity contribution in [2.75, 3.05) is 12.4 Å². The molecule has 1 aliphatic rings. The number of hydrogen-bond donors (Lipinski definition) is 2. The van der Waals surface area contributed by atoms with Crippen LogP contribution < -0.4 is 15.4 Å². The third-order valence-corrected chi connectivity index (χ3v) is 7.10. The highest BCUT2D eigenvalue weighted by molar-refractivity contribution is 8.02. The van der Waals surface area contributed by atoms with Crippen molar-refractivity contribution in [3.8, 4) is 5.75 Å². The maximum atomic E-state index is 12.8. The van der Waals surface area contributed by atoms with E-state index in [1.807, 2.05) is 37.3 Å². The third-order valence-electron chi connectivity index (χ3n) is 5.08. The second-order valence-electron chi connectivity index (χ2n) is 7.14. The molecule has 2 N–H and O–H groups in total. The van der Waals surface area contributed by atoms with Gasteiger partial charge in [-0.3, -0.25) is 4.79 Å². The fraction of sp³-hybridized carbons (Fsp3) is 0.318. The predicted octanol–water partition coefficient (Wildman–Crippen LogP) is 4.96. The minimum Gasteiger partial charge on any atom is -0.497 e. The van der Waals surface area contributed by atoms with Gasteiger partial charge in [0, 0.05) is 5.69 Å². The Hall–Kier alpha value is -2.58. The molecule has 30 heavy (non-hydrogen) atoms. The number of hydrogen-bond acceptors (Lipinski definition) is 7. The molecule has 0 saturated carbocycles. The van der Waals surface area contributed by atoms with E-state index in [1.165, 1.54) is 34.2 Å². The molecule has 2 aromatic carbocycles. The van der Waals surface area contributed by atoms with Crippen LogP contribution in [0.2, 0.25) is 0 Å². The Labute approximate surface area is 184 Å². The minimum atomic E-state index is -0.249. The van der Waals surface area contributed by atoms with Gasteiger partial charge in [-0.2, -0.15) is 0 Å². The molecule has 0 aliphatic heterocycles. The second kappa shape index (κ2) is 9.49. The fourth-order valence-corrected chi connectivity index (χ4v) is 5.43. The maximum absolute atomic E-state index is 12.8. The van der Waals surface area contributed by atoms with Crippen molar-refractivity contribution in [1.82, 2.24) is 15.5 Å². The van der Waals surface area contributed by atoms with Crippen LogP contribution in [0, 0.1) is 0 Å². The molecule has 2 unspecified atom stereocenters. The first-order chi connectivity index (χ1) is 14.6. The van der Waals surface area contributed by atoms with Crippen molar-refractivity contribution in [2.45, 2.75) is 41.8 Å². The van der Waals surface area contributed by atoms with Crippen LogP contribution in [0.1, 0.15) is 36.9 Å². The summed E-state index contributed by atoms with van der Waals surface area (Å²) >= 11 is 2.87. The first-order valence-corrected chi connectivity index (χ1v) is 11.6. The number of thioether (sulfide) groups is 1. The number of aryl methyl sites for hydroxylation is 1. The van der Waals surface area contributed by atoms with Gasteiger partial charge in [-0.15, -0.1) is 10.2 Å². The Bertz CT molecular complexity index is 1010. The highest BCUT2D eigenvalue weighted by Crippen LogP contribution is 2.33. The quantitative estimate of drug-likeness (QED) is 0.506. The number of carbonyl (C=O) groups is 1. The molecule has 0 fully saturated rings. The van der Waals surface area contributed by atoms with Crippen LogP contribution in [0.25, 0.3) is 0 Å². The molecule has 1 amide bonds. The van der Waals surface area contributed by atoms with Crippen LogP contribution in [0.4, 0.5) is 10.8 Å². The smallest absolute Gasteiger partial charge is 0.233 e. The molecule has 1 aliphatic carbocycles. The minimum absolute atomic E-state index is 0.0292. The summed E-state index contributed by atoms with van der Waals surface area (Å²) < 4.78 is 5.93. The molecule has 0 spiro atoms. The van der Waals surface area contributed by atoms with Gasteiger partial charge in [-0.05, 0) is 61.6 Å². The number of rotatable bonds is 7. The zero-order valence-electron chi connectivity index (χ0n) is 16.9. The maximum Gasteiger partial charge on any atom is 0.233 e. The molecule has 8 heteroatoms. The summed E-state index contributed by atoms with van der Waals surface area (Å²) in [7, 11) is 1.64. The van der Waals surface area contributed by atoms with Crippen molar-refractivity contribution in [1.29, 1.82) is 0 Å². The van der Waals surface area contributed by atoms with Gasteiger partial charge in [0.25, 0.3) is 0 Å². The van der Waals surface area contributed by atoms with Gasteiger partial charge in [0.2, 0.25) is 11.0 Å². The number of nitrogens with zero attached hydrogens (tertiary/aromatic N) is 2. The Morgan fingerprint density at radius 3 is 2.80 bits per heavy atom. The standard InChI is InChI=1S/C22H24N4O2S2/c1-14(20(27)24-19-9-5-7-15-6-3-4-8-18(15)19)29-22-26-25-21(30-22)23-16-10-12-17(28-2)13-11-16/h3-4,6,8,10-14,19H,5,7,9H2,1-2H3,(H,23,25)(H,24,27). The average Bonchev–Trinajstić information content (AvgIpc) is 3.21. The molecule has 0 radical (unpaired) electrons. The predicted molar refractivity (Wildman–Crippen MR) is 122 cm³/mol. The summed E-state index contributed by atoms with van der Waals surface area (Å²) in [6.07, 6.45) is 3.16. The Morgan fingerprint density at radius 2 is 2.00 bits per heavy atom. The topological polar surface area (TPSA) is 76.1 Å². The molecule has 156 valence electrons. The molecule has 2 atom stereocenters. The molecular formula is C22H24N4O2S2. The number of aromatic nitrogens is 2. The lowest BCUT2D eigenvalue weighted by Gasteiger charge is -2.27. The van der Waals surface area contributed by atoms with E-state index in [9.17, 15) is 4.79 Å². The summed E-state index contributed by atoms with van der Waals surface area (Å²) in [6.45, 7) is 1.91. The van der Waals surface area contributed by atoms with Crippen LogP contribution in [0.15, 0.2) is 52.9 Å². The number of nitrogens with one attached hydrogen (secondary N) is 2. The molecule has 0 saturated heterocycles. The number of anilines is 2. The second-order valence-corrected chi connectivity index (χ2v) is 9.70. The third kappa shape index (κ3) is 4.94. The van der Waals surface area contributed by atoms with Crippen molar-refractivity contribution >= 4 is 39.8 Å². The zero-order chi connectivity index (χ0) is 20.9. The normalized spacial score (nSPS) is 16.4. The van der Waals surface area contributed by atoms with Crippen molar-refractivity contribution in [2.24, 2.45) is 0 Å². The van der Waals surface area contributed by atoms with E-state index in [4.69, 9.17) is 4.74 Å². The highest BCUT2D eigenvalue weighted by Gasteiger charge is 2.24. The Balaban J connectivity index is 1.34. The summed E-state index contributed by atoms with van der Waals surface area (Å²) in [4.78, 5) is 12.8. The molecule has 6 nitrogen and oxygen atoms in total. The van der Waals surface area contributed by atoms with E-state index < -0.39 is 0 Å². The number of ether oxygens (including phenoxy) is 1. The van der Waals surface area contributed by atoms with Crippen molar-refractivity contribution < 1.29 is 9.53 Å². The van der Waals surface area contributed by atoms with E-state index in [-0.39, 0.29) is 17.2 Å². The number of methoxy groups -OCH3 is 1. The summed E-state index contributed by atoms with van der Waals surface area (Å²) in [5, 5.41) is 15.3. The summed E-state index contributed by atoms with van der Waals surface area (Å²) in [6, 6.07) is 16.1.